The van der Waals surface area contributed by atoms with Crippen LogP contribution in [0.2, 0.25) is 0 Å². The van der Waals surface area contributed by atoms with Gasteiger partial charge < -0.3 is 14.7 Å². The molecule has 8 nitrogen and oxygen atoms in total. The molecule has 1 amide bonds. The van der Waals surface area contributed by atoms with E-state index in [1.807, 2.05) is 13.2 Å². The topological polar surface area (TPSA) is 104 Å². The number of ether oxygens (including phenoxy) is 1. The zero-order valence-corrected chi connectivity index (χ0v) is 15.2. The molecule has 0 unspecified atom stereocenters. The van der Waals surface area contributed by atoms with Gasteiger partial charge in [-0.2, -0.15) is 16.1 Å². The second-order valence-corrected chi connectivity index (χ2v) is 8.48. The largest absolute Gasteiger partial charge is 0.480 e. The first-order valence-electron chi connectivity index (χ1n) is 7.21. The molecule has 1 fully saturated rings. The normalized spacial score (nSPS) is 20.5. The highest BCUT2D eigenvalue weighted by atomic mass is 32.2. The molecule has 1 N–H and O–H groups in total. The van der Waals surface area contributed by atoms with Crippen molar-refractivity contribution in [3.05, 3.63) is 0 Å². The van der Waals surface area contributed by atoms with Crippen molar-refractivity contribution in [1.29, 1.82) is 0 Å². The lowest BCUT2D eigenvalue weighted by molar-refractivity contribution is -0.143. The summed E-state index contributed by atoms with van der Waals surface area (Å²) in [7, 11) is -3.66. The number of aliphatic carboxylic acids is 1. The zero-order valence-electron chi connectivity index (χ0n) is 13.6. The lowest BCUT2D eigenvalue weighted by atomic mass is 10.1. The fraction of sp³-hybridized carbons (Fsp3) is 0.846. The number of rotatable bonds is 8. The Balaban J connectivity index is 2.70. The molecular weight excluding hydrogens is 344 g/mol. The van der Waals surface area contributed by atoms with Crippen LogP contribution in [-0.4, -0.2) is 91.8 Å². The van der Waals surface area contributed by atoms with Gasteiger partial charge in [-0.3, -0.25) is 9.59 Å². The molecule has 0 radical (unpaired) electrons. The number of carboxylic acids is 1. The molecule has 1 aliphatic rings. The number of carbonyl (C=O) groups excluding carboxylic acids is 1. The third kappa shape index (κ3) is 6.66. The lowest BCUT2D eigenvalue weighted by Gasteiger charge is -2.36. The summed E-state index contributed by atoms with van der Waals surface area (Å²) in [5.74, 6) is -0.617. The van der Waals surface area contributed by atoms with Crippen LogP contribution in [-0.2, 0) is 24.3 Å². The average molecular weight is 368 g/mol. The molecule has 134 valence electrons. The van der Waals surface area contributed by atoms with Crippen molar-refractivity contribution in [2.24, 2.45) is 5.92 Å². The first kappa shape index (κ1) is 20.2. The Morgan fingerprint density at radius 2 is 2.13 bits per heavy atom. The minimum Gasteiger partial charge on any atom is -0.480 e. The quantitative estimate of drug-likeness (QED) is 0.619. The summed E-state index contributed by atoms with van der Waals surface area (Å²) in [5.41, 5.74) is 0. The predicted octanol–water partition coefficient (Wildman–Crippen LogP) is -0.441. The van der Waals surface area contributed by atoms with Crippen LogP contribution in [0.3, 0.4) is 0 Å². The maximum absolute atomic E-state index is 12.3. The highest BCUT2D eigenvalue weighted by Gasteiger charge is 2.31. The van der Waals surface area contributed by atoms with Crippen molar-refractivity contribution >= 4 is 33.7 Å². The molecule has 0 saturated carbocycles. The number of carboxylic acid groups (broad SMARTS) is 1. The summed E-state index contributed by atoms with van der Waals surface area (Å²) in [5, 5.41) is 8.83. The molecule has 0 aliphatic carbocycles. The third-order valence-electron chi connectivity index (χ3n) is 3.48. The molecule has 1 aliphatic heterocycles. The molecular formula is C13H24N2O6S2. The van der Waals surface area contributed by atoms with Crippen molar-refractivity contribution in [3.8, 4) is 0 Å². The van der Waals surface area contributed by atoms with Crippen LogP contribution in [0, 0.1) is 5.92 Å². The van der Waals surface area contributed by atoms with Gasteiger partial charge >= 0.3 is 5.97 Å². The van der Waals surface area contributed by atoms with Crippen molar-refractivity contribution in [3.63, 3.8) is 0 Å². The monoisotopic (exact) mass is 368 g/mol. The van der Waals surface area contributed by atoms with Crippen molar-refractivity contribution in [1.82, 2.24) is 9.21 Å². The fourth-order valence-corrected chi connectivity index (χ4v) is 3.78. The van der Waals surface area contributed by atoms with Crippen LogP contribution in [0.5, 0.6) is 0 Å². The molecule has 0 spiro atoms. The van der Waals surface area contributed by atoms with Crippen LogP contribution < -0.4 is 0 Å². The van der Waals surface area contributed by atoms with Crippen molar-refractivity contribution in [2.75, 3.05) is 51.1 Å². The zero-order chi connectivity index (χ0) is 17.6. The summed E-state index contributed by atoms with van der Waals surface area (Å²) in [6, 6.07) is 0. The lowest BCUT2D eigenvalue weighted by Crippen LogP contribution is -2.52. The fourth-order valence-electron chi connectivity index (χ4n) is 2.36. The van der Waals surface area contributed by atoms with Gasteiger partial charge in [0.15, 0.2) is 0 Å². The molecule has 2 atom stereocenters. The van der Waals surface area contributed by atoms with Crippen LogP contribution >= 0.6 is 11.8 Å². The molecule has 23 heavy (non-hydrogen) atoms. The predicted molar refractivity (Wildman–Crippen MR) is 87.9 cm³/mol. The van der Waals surface area contributed by atoms with E-state index in [2.05, 4.69) is 0 Å². The highest BCUT2D eigenvalue weighted by molar-refractivity contribution is 7.98. The Hall–Kier alpha value is -0.840. The summed E-state index contributed by atoms with van der Waals surface area (Å²) < 4.78 is 29.7. The number of amides is 1. The Bertz CT molecular complexity index is 525. The summed E-state index contributed by atoms with van der Waals surface area (Å²) in [6.07, 6.45) is 2.37. The Morgan fingerprint density at radius 1 is 1.48 bits per heavy atom. The third-order valence-corrected chi connectivity index (χ3v) is 5.53. The van der Waals surface area contributed by atoms with Gasteiger partial charge in [-0.25, -0.2) is 8.42 Å². The van der Waals surface area contributed by atoms with E-state index in [0.717, 1.165) is 16.3 Å². The van der Waals surface area contributed by atoms with Gasteiger partial charge in [0.25, 0.3) is 0 Å². The Labute approximate surface area is 141 Å². The molecule has 10 heteroatoms. The second kappa shape index (κ2) is 8.86. The van der Waals surface area contributed by atoms with Crippen molar-refractivity contribution < 1.29 is 27.9 Å². The smallest absolute Gasteiger partial charge is 0.318 e. The van der Waals surface area contributed by atoms with E-state index < -0.39 is 28.6 Å². The van der Waals surface area contributed by atoms with Gasteiger partial charge in [-0.15, -0.1) is 0 Å². The van der Waals surface area contributed by atoms with E-state index in [9.17, 15) is 18.0 Å². The van der Waals surface area contributed by atoms with E-state index in [4.69, 9.17) is 9.84 Å². The molecule has 1 heterocycles. The van der Waals surface area contributed by atoms with E-state index in [1.54, 1.807) is 16.7 Å². The molecule has 0 aromatic heterocycles. The van der Waals surface area contributed by atoms with Crippen LogP contribution in [0.4, 0.5) is 0 Å². The van der Waals surface area contributed by atoms with E-state index >= 15 is 0 Å². The second-order valence-electron chi connectivity index (χ2n) is 5.58. The highest BCUT2D eigenvalue weighted by Crippen LogP contribution is 2.14. The van der Waals surface area contributed by atoms with E-state index in [-0.39, 0.29) is 24.9 Å². The molecule has 0 aromatic rings. The van der Waals surface area contributed by atoms with Gasteiger partial charge in [-0.05, 0) is 6.26 Å². The summed E-state index contributed by atoms with van der Waals surface area (Å²) in [6.45, 7) is 2.21. The number of nitrogens with zero attached hydrogens (tertiary/aromatic N) is 2. The summed E-state index contributed by atoms with van der Waals surface area (Å²) >= 11 is 1.59. The number of hydrogen-bond acceptors (Lipinski definition) is 6. The van der Waals surface area contributed by atoms with Gasteiger partial charge in [-0.1, -0.05) is 6.92 Å². The van der Waals surface area contributed by atoms with Gasteiger partial charge in [0, 0.05) is 31.3 Å². The maximum atomic E-state index is 12.3. The number of sulfonamides is 1. The van der Waals surface area contributed by atoms with Gasteiger partial charge in [0.1, 0.15) is 6.54 Å². The van der Waals surface area contributed by atoms with Gasteiger partial charge in [0.2, 0.25) is 15.9 Å². The minimum absolute atomic E-state index is 0.0109. The van der Waals surface area contributed by atoms with Crippen molar-refractivity contribution in [2.45, 2.75) is 13.0 Å². The average Bonchev–Trinajstić information content (AvgIpc) is 2.45. The minimum atomic E-state index is -3.66. The summed E-state index contributed by atoms with van der Waals surface area (Å²) in [4.78, 5) is 24.8. The Kier molecular flexibility index (Phi) is 7.78. The van der Waals surface area contributed by atoms with E-state index in [0.29, 0.717) is 13.2 Å². The van der Waals surface area contributed by atoms with Gasteiger partial charge in [0.05, 0.1) is 19.0 Å². The first-order chi connectivity index (χ1) is 10.6. The molecule has 0 aromatic carbocycles. The van der Waals surface area contributed by atoms with E-state index in [1.165, 1.54) is 0 Å². The number of morpholine rings is 1. The SMILES string of the molecule is CSC[C@@H](C)C(=O)N1CCO[C@@H](CN(CC(=O)O)S(C)(=O)=O)C1. The Morgan fingerprint density at radius 3 is 2.65 bits per heavy atom. The first-order valence-corrected chi connectivity index (χ1v) is 10.5. The number of hydrogen-bond donors (Lipinski definition) is 1. The van der Waals surface area contributed by atoms with Crippen LogP contribution in [0.1, 0.15) is 6.92 Å². The molecule has 0 bridgehead atoms. The number of carbonyl (C=O) groups is 2. The molecule has 1 rings (SSSR count). The van der Waals surface area contributed by atoms with Crippen LogP contribution in [0.25, 0.3) is 0 Å². The van der Waals surface area contributed by atoms with Crippen LogP contribution in [0.15, 0.2) is 0 Å². The maximum Gasteiger partial charge on any atom is 0.318 e. The number of thioether (sulfide) groups is 1. The molecule has 1 saturated heterocycles. The standard InChI is InChI=1S/C13H24N2O6S2/c1-10(9-22-2)13(18)14-4-5-21-11(6-14)7-15(8-12(16)17)23(3,19)20/h10-11H,4-9H2,1-3H3,(H,16,17)/t10-,11-/m1/s1.